The van der Waals surface area contributed by atoms with Crippen molar-refractivity contribution in [3.05, 3.63) is 51.7 Å². The largest absolute Gasteiger partial charge is 0.462 e. The van der Waals surface area contributed by atoms with Gasteiger partial charge in [0.15, 0.2) is 6.54 Å². The number of nitrogens with one attached hydrogen (secondary N) is 2. The van der Waals surface area contributed by atoms with E-state index in [1.54, 1.807) is 31.2 Å². The number of thiophene rings is 1. The first-order valence-electron chi connectivity index (χ1n) is 8.56. The van der Waals surface area contributed by atoms with E-state index >= 15 is 0 Å². The quantitative estimate of drug-likeness (QED) is 0.804. The fourth-order valence-electron chi connectivity index (χ4n) is 3.21. The van der Waals surface area contributed by atoms with Crippen LogP contribution in [0.4, 0.5) is 5.69 Å². The topological polar surface area (TPSA) is 59.8 Å². The second-order valence-corrected chi connectivity index (χ2v) is 7.20. The number of rotatable bonds is 5. The maximum absolute atomic E-state index is 12.4. The molecular weight excluding hydrogens is 336 g/mol. The van der Waals surface area contributed by atoms with Crippen LogP contribution in [0.5, 0.6) is 0 Å². The number of hydrogen-bond acceptors (Lipinski definition) is 4. The number of quaternary nitrogens is 1. The number of anilines is 1. The van der Waals surface area contributed by atoms with Gasteiger partial charge in [-0.1, -0.05) is 0 Å². The Balaban J connectivity index is 1.57. The molecule has 1 aromatic heterocycles. The van der Waals surface area contributed by atoms with Gasteiger partial charge in [0.2, 0.25) is 0 Å². The van der Waals surface area contributed by atoms with Crippen LogP contribution in [-0.4, -0.2) is 31.6 Å². The van der Waals surface area contributed by atoms with Crippen molar-refractivity contribution in [2.75, 3.05) is 25.0 Å². The maximum Gasteiger partial charge on any atom is 0.338 e. The zero-order valence-electron chi connectivity index (χ0n) is 14.5. The molecule has 1 amide bonds. The highest BCUT2D eigenvalue weighted by atomic mass is 32.1. The summed E-state index contributed by atoms with van der Waals surface area (Å²) in [5.74, 6) is -0.358. The van der Waals surface area contributed by atoms with Crippen LogP contribution in [0.15, 0.2) is 35.7 Å². The van der Waals surface area contributed by atoms with E-state index < -0.39 is 0 Å². The standard InChI is InChI=1S/C19H22N2O3S/c1-3-24-19(23)14-4-6-15(7-5-14)20-18(22)12-21-10-8-17-16(13(21)2)9-11-25-17/h4-7,9,11,13H,3,8,10,12H2,1-2H3,(H,20,22)/p+1/t13-/m0/s1. The van der Waals surface area contributed by atoms with E-state index in [1.165, 1.54) is 15.3 Å². The van der Waals surface area contributed by atoms with Crippen LogP contribution in [0, 0.1) is 0 Å². The summed E-state index contributed by atoms with van der Waals surface area (Å²) >= 11 is 1.81. The van der Waals surface area contributed by atoms with Gasteiger partial charge in [-0.05, 0) is 49.6 Å². The molecule has 0 radical (unpaired) electrons. The van der Waals surface area contributed by atoms with Crippen LogP contribution >= 0.6 is 11.3 Å². The average Bonchev–Trinajstić information content (AvgIpc) is 3.08. The third-order valence-corrected chi connectivity index (χ3v) is 5.60. The van der Waals surface area contributed by atoms with E-state index in [1.807, 2.05) is 11.3 Å². The minimum Gasteiger partial charge on any atom is -0.462 e. The highest BCUT2D eigenvalue weighted by Crippen LogP contribution is 2.24. The van der Waals surface area contributed by atoms with Crippen molar-refractivity contribution in [3.63, 3.8) is 0 Å². The second-order valence-electron chi connectivity index (χ2n) is 6.20. The summed E-state index contributed by atoms with van der Waals surface area (Å²) in [5, 5.41) is 5.05. The first-order valence-corrected chi connectivity index (χ1v) is 9.44. The number of benzene rings is 1. The molecule has 2 aromatic rings. The molecule has 1 aromatic carbocycles. The Bertz CT molecular complexity index is 754. The van der Waals surface area contributed by atoms with Crippen molar-refractivity contribution < 1.29 is 19.2 Å². The van der Waals surface area contributed by atoms with Crippen molar-refractivity contribution in [1.82, 2.24) is 0 Å². The van der Waals surface area contributed by atoms with Crippen LogP contribution in [0.3, 0.4) is 0 Å². The van der Waals surface area contributed by atoms with Gasteiger partial charge in [0.05, 0.1) is 18.7 Å². The van der Waals surface area contributed by atoms with Crippen LogP contribution in [0.1, 0.15) is 40.7 Å². The lowest BCUT2D eigenvalue weighted by atomic mass is 10.0. The Labute approximate surface area is 151 Å². The summed E-state index contributed by atoms with van der Waals surface area (Å²) in [6, 6.07) is 9.32. The number of carbonyl (C=O) groups excluding carboxylic acids is 2. The van der Waals surface area contributed by atoms with Crippen LogP contribution in [0.25, 0.3) is 0 Å². The molecule has 6 heteroatoms. The molecular formula is C19H23N2O3S+. The number of amides is 1. The maximum atomic E-state index is 12.4. The molecule has 0 spiro atoms. The molecule has 2 heterocycles. The highest BCUT2D eigenvalue weighted by molar-refractivity contribution is 7.10. The van der Waals surface area contributed by atoms with Gasteiger partial charge >= 0.3 is 5.97 Å². The molecule has 0 bridgehead atoms. The molecule has 5 nitrogen and oxygen atoms in total. The minimum absolute atomic E-state index is 0.00980. The van der Waals surface area contributed by atoms with E-state index in [0.29, 0.717) is 30.4 Å². The van der Waals surface area contributed by atoms with E-state index in [0.717, 1.165) is 13.0 Å². The molecule has 1 unspecified atom stereocenters. The smallest absolute Gasteiger partial charge is 0.338 e. The second kappa shape index (κ2) is 7.80. The molecule has 0 fully saturated rings. The number of hydrogen-bond donors (Lipinski definition) is 2. The highest BCUT2D eigenvalue weighted by Gasteiger charge is 2.29. The van der Waals surface area contributed by atoms with Gasteiger partial charge in [-0.25, -0.2) is 4.79 Å². The molecule has 25 heavy (non-hydrogen) atoms. The predicted molar refractivity (Wildman–Crippen MR) is 98.2 cm³/mol. The van der Waals surface area contributed by atoms with Gasteiger partial charge in [0, 0.05) is 22.5 Å². The van der Waals surface area contributed by atoms with Gasteiger partial charge in [-0.15, -0.1) is 11.3 Å². The van der Waals surface area contributed by atoms with Crippen LogP contribution in [0.2, 0.25) is 0 Å². The fraction of sp³-hybridized carbons (Fsp3) is 0.368. The summed E-state index contributed by atoms with van der Waals surface area (Å²) < 4.78 is 4.95. The molecule has 1 aliphatic rings. The van der Waals surface area contributed by atoms with Gasteiger partial charge in [0.25, 0.3) is 5.91 Å². The Morgan fingerprint density at radius 1 is 1.28 bits per heavy atom. The predicted octanol–water partition coefficient (Wildman–Crippen LogP) is 2.07. The average molecular weight is 359 g/mol. The molecule has 0 saturated heterocycles. The molecule has 0 aliphatic carbocycles. The molecule has 132 valence electrons. The van der Waals surface area contributed by atoms with Gasteiger partial charge in [-0.3, -0.25) is 4.79 Å². The zero-order chi connectivity index (χ0) is 17.8. The Morgan fingerprint density at radius 2 is 2.04 bits per heavy atom. The normalized spacial score (nSPS) is 19.1. The summed E-state index contributed by atoms with van der Waals surface area (Å²) in [7, 11) is 0. The third kappa shape index (κ3) is 4.08. The molecule has 2 atom stereocenters. The first kappa shape index (κ1) is 17.6. The summed E-state index contributed by atoms with van der Waals surface area (Å²) in [5.41, 5.74) is 2.55. The van der Waals surface area contributed by atoms with Crippen molar-refractivity contribution >= 4 is 28.9 Å². The molecule has 2 N–H and O–H groups in total. The van der Waals surface area contributed by atoms with E-state index in [9.17, 15) is 9.59 Å². The van der Waals surface area contributed by atoms with Crippen molar-refractivity contribution in [2.24, 2.45) is 0 Å². The van der Waals surface area contributed by atoms with Crippen LogP contribution in [-0.2, 0) is 16.0 Å². The Morgan fingerprint density at radius 3 is 2.76 bits per heavy atom. The van der Waals surface area contributed by atoms with E-state index in [-0.39, 0.29) is 11.9 Å². The monoisotopic (exact) mass is 359 g/mol. The summed E-state index contributed by atoms with van der Waals surface area (Å²) in [4.78, 5) is 26.8. The van der Waals surface area contributed by atoms with Gasteiger partial charge in [-0.2, -0.15) is 0 Å². The molecule has 0 saturated carbocycles. The van der Waals surface area contributed by atoms with Crippen molar-refractivity contribution in [2.45, 2.75) is 26.3 Å². The number of fused-ring (bicyclic) bond motifs is 1. The minimum atomic E-state index is -0.349. The number of esters is 1. The molecule has 3 rings (SSSR count). The number of ether oxygens (including phenoxy) is 1. The third-order valence-electron chi connectivity index (χ3n) is 4.60. The lowest BCUT2D eigenvalue weighted by Gasteiger charge is -2.29. The van der Waals surface area contributed by atoms with Crippen molar-refractivity contribution in [1.29, 1.82) is 0 Å². The first-order chi connectivity index (χ1) is 12.1. The Hall–Kier alpha value is -2.18. The van der Waals surface area contributed by atoms with Crippen molar-refractivity contribution in [3.8, 4) is 0 Å². The number of carbonyl (C=O) groups is 2. The van der Waals surface area contributed by atoms with Gasteiger partial charge < -0.3 is 15.0 Å². The fourth-order valence-corrected chi connectivity index (χ4v) is 4.19. The summed E-state index contributed by atoms with van der Waals surface area (Å²) in [6.07, 6.45) is 1.04. The summed E-state index contributed by atoms with van der Waals surface area (Å²) in [6.45, 7) is 5.72. The van der Waals surface area contributed by atoms with E-state index in [4.69, 9.17) is 4.74 Å². The Kier molecular flexibility index (Phi) is 5.50. The van der Waals surface area contributed by atoms with E-state index in [2.05, 4.69) is 23.7 Å². The zero-order valence-corrected chi connectivity index (χ0v) is 15.3. The lowest BCUT2D eigenvalue weighted by molar-refractivity contribution is -0.923. The lowest BCUT2D eigenvalue weighted by Crippen LogP contribution is -3.14. The molecule has 1 aliphatic heterocycles. The van der Waals surface area contributed by atoms with Crippen LogP contribution < -0.4 is 10.2 Å². The SMILES string of the molecule is CCOC(=O)c1ccc(NC(=O)C[NH+]2CCc3sccc3[C@@H]2C)cc1. The van der Waals surface area contributed by atoms with Gasteiger partial charge in [0.1, 0.15) is 6.04 Å².